The number of halogens is 1. The Morgan fingerprint density at radius 2 is 2.00 bits per heavy atom. The third kappa shape index (κ3) is 5.01. The number of methoxy groups -OCH3 is 1. The zero-order valence-corrected chi connectivity index (χ0v) is 18.4. The van der Waals surface area contributed by atoms with Crippen LogP contribution in [0.4, 0.5) is 5.69 Å². The van der Waals surface area contributed by atoms with E-state index < -0.39 is 0 Å². The molecule has 0 aliphatic carbocycles. The molecule has 0 aliphatic rings. The Balaban J connectivity index is 1.74. The van der Waals surface area contributed by atoms with Crippen LogP contribution in [0, 0.1) is 0 Å². The molecular formula is C21H21ClN4O3S. The Bertz CT molecular complexity index is 1080. The number of Topliss-reactive ketones (excluding diaryl/α,β-unsaturated/α-hetero) is 1. The van der Waals surface area contributed by atoms with E-state index in [-0.39, 0.29) is 17.4 Å². The van der Waals surface area contributed by atoms with Crippen molar-refractivity contribution in [1.29, 1.82) is 0 Å². The fourth-order valence-corrected chi connectivity index (χ4v) is 3.85. The van der Waals surface area contributed by atoms with Crippen molar-refractivity contribution in [3.8, 4) is 17.1 Å². The lowest BCUT2D eigenvalue weighted by atomic mass is 10.1. The van der Waals surface area contributed by atoms with E-state index in [2.05, 4.69) is 15.5 Å². The van der Waals surface area contributed by atoms with Crippen LogP contribution < -0.4 is 10.1 Å². The van der Waals surface area contributed by atoms with Crippen LogP contribution in [0.5, 0.6) is 5.75 Å². The second kappa shape index (κ2) is 9.77. The Hall–Kier alpha value is -2.84. The standard InChI is InChI=1S/C21H21ClN4O3S/c1-4-26-20(17-11-15(22)8-9-18(17)29-3)24-25-21(26)30-12-19(28)23-16-7-5-6-14(10-16)13(2)27/h5-11H,4,12H2,1-3H3,(H,23,28). The van der Waals surface area contributed by atoms with Crippen LogP contribution in [0.25, 0.3) is 11.4 Å². The molecule has 9 heteroatoms. The summed E-state index contributed by atoms with van der Waals surface area (Å²) in [5, 5.41) is 12.5. The summed E-state index contributed by atoms with van der Waals surface area (Å²) in [6.45, 7) is 4.07. The summed E-state index contributed by atoms with van der Waals surface area (Å²) in [4.78, 5) is 23.9. The molecule has 7 nitrogen and oxygen atoms in total. The molecule has 30 heavy (non-hydrogen) atoms. The van der Waals surface area contributed by atoms with Gasteiger partial charge in [0.25, 0.3) is 0 Å². The number of benzene rings is 2. The average molecular weight is 445 g/mol. The van der Waals surface area contributed by atoms with E-state index in [1.54, 1.807) is 49.6 Å². The highest BCUT2D eigenvalue weighted by atomic mass is 35.5. The number of amides is 1. The predicted molar refractivity (Wildman–Crippen MR) is 118 cm³/mol. The van der Waals surface area contributed by atoms with Crippen molar-refractivity contribution < 1.29 is 14.3 Å². The SMILES string of the molecule is CCn1c(SCC(=O)Nc2cccc(C(C)=O)c2)nnc1-c1cc(Cl)ccc1OC. The maximum absolute atomic E-state index is 12.4. The van der Waals surface area contributed by atoms with Crippen molar-refractivity contribution >= 4 is 40.7 Å². The number of aromatic nitrogens is 3. The third-order valence-corrected chi connectivity index (χ3v) is 5.52. The molecule has 0 saturated carbocycles. The van der Waals surface area contributed by atoms with Crippen molar-refractivity contribution in [2.45, 2.75) is 25.5 Å². The topological polar surface area (TPSA) is 86.1 Å². The lowest BCUT2D eigenvalue weighted by Crippen LogP contribution is -2.15. The van der Waals surface area contributed by atoms with Crippen LogP contribution in [0.2, 0.25) is 5.02 Å². The minimum Gasteiger partial charge on any atom is -0.496 e. The van der Waals surface area contributed by atoms with Gasteiger partial charge in [0.1, 0.15) is 5.75 Å². The van der Waals surface area contributed by atoms with Crippen LogP contribution in [0.1, 0.15) is 24.2 Å². The summed E-state index contributed by atoms with van der Waals surface area (Å²) in [6, 6.07) is 12.1. The van der Waals surface area contributed by atoms with Gasteiger partial charge in [0.2, 0.25) is 5.91 Å². The van der Waals surface area contributed by atoms with Gasteiger partial charge in [0.05, 0.1) is 18.4 Å². The van der Waals surface area contributed by atoms with Gasteiger partial charge in [-0.15, -0.1) is 10.2 Å². The summed E-state index contributed by atoms with van der Waals surface area (Å²) in [5.74, 6) is 1.15. The van der Waals surface area contributed by atoms with Crippen molar-refractivity contribution in [2.75, 3.05) is 18.2 Å². The first kappa shape index (κ1) is 21.9. The van der Waals surface area contributed by atoms with Crippen molar-refractivity contribution in [1.82, 2.24) is 14.8 Å². The first-order valence-electron chi connectivity index (χ1n) is 9.23. The van der Waals surface area contributed by atoms with Crippen LogP contribution in [-0.2, 0) is 11.3 Å². The van der Waals surface area contributed by atoms with E-state index in [9.17, 15) is 9.59 Å². The average Bonchev–Trinajstić information content (AvgIpc) is 3.15. The van der Waals surface area contributed by atoms with Crippen molar-refractivity contribution in [3.63, 3.8) is 0 Å². The number of hydrogen-bond donors (Lipinski definition) is 1. The normalized spacial score (nSPS) is 10.7. The van der Waals surface area contributed by atoms with Crippen LogP contribution in [0.15, 0.2) is 47.6 Å². The van der Waals surface area contributed by atoms with Crippen LogP contribution in [-0.4, -0.2) is 39.3 Å². The summed E-state index contributed by atoms with van der Waals surface area (Å²) < 4.78 is 7.33. The number of nitrogens with one attached hydrogen (secondary N) is 1. The number of nitrogens with zero attached hydrogens (tertiary/aromatic N) is 3. The fraction of sp³-hybridized carbons (Fsp3) is 0.238. The van der Waals surface area contributed by atoms with Gasteiger partial charge in [-0.3, -0.25) is 9.59 Å². The van der Waals surface area contributed by atoms with E-state index in [0.29, 0.717) is 39.5 Å². The van der Waals surface area contributed by atoms with E-state index >= 15 is 0 Å². The minimum absolute atomic E-state index is 0.0551. The first-order chi connectivity index (χ1) is 14.4. The largest absolute Gasteiger partial charge is 0.496 e. The molecular weight excluding hydrogens is 424 g/mol. The molecule has 1 N–H and O–H groups in total. The maximum Gasteiger partial charge on any atom is 0.234 e. The van der Waals surface area contributed by atoms with Gasteiger partial charge in [-0.25, -0.2) is 0 Å². The molecule has 1 aromatic heterocycles. The number of anilines is 1. The Labute approximate surface area is 183 Å². The number of carbonyl (C=O) groups excluding carboxylic acids is 2. The Morgan fingerprint density at radius 3 is 2.70 bits per heavy atom. The highest BCUT2D eigenvalue weighted by molar-refractivity contribution is 7.99. The quantitative estimate of drug-likeness (QED) is 0.405. The molecule has 0 saturated heterocycles. The molecule has 3 rings (SSSR count). The molecule has 0 fully saturated rings. The highest BCUT2D eigenvalue weighted by Gasteiger charge is 2.18. The molecule has 0 radical (unpaired) electrons. The number of ether oxygens (including phenoxy) is 1. The zero-order valence-electron chi connectivity index (χ0n) is 16.8. The van der Waals surface area contributed by atoms with E-state index in [4.69, 9.17) is 16.3 Å². The zero-order chi connectivity index (χ0) is 21.7. The second-order valence-electron chi connectivity index (χ2n) is 6.37. The van der Waals surface area contributed by atoms with E-state index in [1.807, 2.05) is 11.5 Å². The van der Waals surface area contributed by atoms with Gasteiger partial charge >= 0.3 is 0 Å². The van der Waals surface area contributed by atoms with Gasteiger partial charge in [0, 0.05) is 22.8 Å². The molecule has 1 amide bonds. The van der Waals surface area contributed by atoms with Gasteiger partial charge in [-0.1, -0.05) is 35.5 Å². The van der Waals surface area contributed by atoms with Crippen LogP contribution in [0.3, 0.4) is 0 Å². The monoisotopic (exact) mass is 444 g/mol. The van der Waals surface area contributed by atoms with Gasteiger partial charge < -0.3 is 14.6 Å². The van der Waals surface area contributed by atoms with E-state index in [1.165, 1.54) is 18.7 Å². The first-order valence-corrected chi connectivity index (χ1v) is 10.6. The lowest BCUT2D eigenvalue weighted by Gasteiger charge is -2.11. The summed E-state index contributed by atoms with van der Waals surface area (Å²) in [6.07, 6.45) is 0. The molecule has 2 aromatic carbocycles. The van der Waals surface area contributed by atoms with Gasteiger partial charge in [-0.2, -0.15) is 0 Å². The Kier molecular flexibility index (Phi) is 7.12. The fourth-order valence-electron chi connectivity index (χ4n) is 2.88. The Morgan fingerprint density at radius 1 is 1.20 bits per heavy atom. The lowest BCUT2D eigenvalue weighted by molar-refractivity contribution is -0.113. The molecule has 0 aliphatic heterocycles. The molecule has 0 bridgehead atoms. The molecule has 0 unspecified atom stereocenters. The van der Waals surface area contributed by atoms with Gasteiger partial charge in [-0.05, 0) is 44.2 Å². The number of rotatable bonds is 8. The maximum atomic E-state index is 12.4. The molecule has 3 aromatic rings. The molecule has 0 spiro atoms. The minimum atomic E-state index is -0.201. The predicted octanol–water partition coefficient (Wildman–Crippen LogP) is 4.56. The molecule has 0 atom stereocenters. The number of carbonyl (C=O) groups is 2. The third-order valence-electron chi connectivity index (χ3n) is 4.32. The summed E-state index contributed by atoms with van der Waals surface area (Å²) >= 11 is 7.42. The summed E-state index contributed by atoms with van der Waals surface area (Å²) in [7, 11) is 1.58. The second-order valence-corrected chi connectivity index (χ2v) is 7.75. The smallest absolute Gasteiger partial charge is 0.234 e. The van der Waals surface area contributed by atoms with Gasteiger partial charge in [0.15, 0.2) is 16.8 Å². The highest BCUT2D eigenvalue weighted by Crippen LogP contribution is 2.33. The van der Waals surface area contributed by atoms with Crippen LogP contribution >= 0.6 is 23.4 Å². The van der Waals surface area contributed by atoms with Crippen molar-refractivity contribution in [3.05, 3.63) is 53.1 Å². The van der Waals surface area contributed by atoms with E-state index in [0.717, 1.165) is 5.56 Å². The number of hydrogen-bond acceptors (Lipinski definition) is 6. The number of thioether (sulfide) groups is 1. The summed E-state index contributed by atoms with van der Waals surface area (Å²) in [5.41, 5.74) is 1.86. The van der Waals surface area contributed by atoms with Crippen molar-refractivity contribution in [2.24, 2.45) is 0 Å². The molecule has 1 heterocycles. The molecule has 156 valence electrons. The number of ketones is 1.